The number of nitrogen functional groups attached to an aromatic ring is 1. The van der Waals surface area contributed by atoms with Crippen LogP contribution in [0.15, 0.2) is 22.7 Å². The molecule has 0 saturated carbocycles. The highest BCUT2D eigenvalue weighted by Crippen LogP contribution is 2.21. The van der Waals surface area contributed by atoms with Crippen molar-refractivity contribution in [3.05, 3.63) is 28.2 Å². The van der Waals surface area contributed by atoms with Crippen LogP contribution in [0.2, 0.25) is 0 Å². The second-order valence-electron chi connectivity index (χ2n) is 4.33. The Morgan fingerprint density at radius 2 is 2.00 bits per heavy atom. The maximum atomic E-state index is 11.9. The summed E-state index contributed by atoms with van der Waals surface area (Å²) < 4.78 is 23.9. The lowest BCUT2D eigenvalue weighted by Gasteiger charge is -2.08. The Morgan fingerprint density at radius 3 is 2.56 bits per heavy atom. The highest BCUT2D eigenvalue weighted by atomic mass is 79.9. The fraction of sp³-hybridized carbons (Fsp3) is 0.417. The van der Waals surface area contributed by atoms with Crippen molar-refractivity contribution in [3.8, 4) is 0 Å². The summed E-state index contributed by atoms with van der Waals surface area (Å²) in [6, 6.07) is 4.90. The van der Waals surface area contributed by atoms with E-state index in [1.807, 2.05) is 0 Å². The van der Waals surface area contributed by atoms with Crippen LogP contribution in [0.1, 0.15) is 30.6 Å². The third kappa shape index (κ3) is 3.81. The Kier molecular flexibility index (Phi) is 4.92. The average molecular weight is 334 g/mol. The molecule has 0 amide bonds. The molecular formula is C12H16BrNO3S. The summed E-state index contributed by atoms with van der Waals surface area (Å²) >= 11 is 3.25. The quantitative estimate of drug-likeness (QED) is 0.663. The zero-order chi connectivity index (χ0) is 13.9. The van der Waals surface area contributed by atoms with Crippen molar-refractivity contribution in [2.45, 2.75) is 25.5 Å². The molecule has 0 fully saturated rings. The highest BCUT2D eigenvalue weighted by molar-refractivity contribution is 9.10. The molecule has 0 atom stereocenters. The van der Waals surface area contributed by atoms with Crippen LogP contribution in [-0.4, -0.2) is 25.2 Å². The molecule has 1 rings (SSSR count). The summed E-state index contributed by atoms with van der Waals surface area (Å²) in [4.78, 5) is 11.9. The SMILES string of the molecule is CC(C)S(=O)(=O)CCC(=O)c1cc(N)ccc1Br. The normalized spacial score (nSPS) is 11.8. The molecule has 0 aliphatic rings. The van der Waals surface area contributed by atoms with Crippen molar-refractivity contribution in [3.63, 3.8) is 0 Å². The number of sulfone groups is 1. The molecule has 100 valence electrons. The molecule has 0 aliphatic heterocycles. The standard InChI is InChI=1S/C12H16BrNO3S/c1-8(2)18(16,17)6-5-12(15)10-7-9(14)3-4-11(10)13/h3-4,7-8H,5-6,14H2,1-2H3. The van der Waals surface area contributed by atoms with Gasteiger partial charge in [0, 0.05) is 22.1 Å². The zero-order valence-electron chi connectivity index (χ0n) is 10.3. The lowest BCUT2D eigenvalue weighted by Crippen LogP contribution is -2.20. The van der Waals surface area contributed by atoms with Crippen LogP contribution >= 0.6 is 15.9 Å². The van der Waals surface area contributed by atoms with Crippen LogP contribution in [0.25, 0.3) is 0 Å². The number of anilines is 1. The van der Waals surface area contributed by atoms with Gasteiger partial charge in [-0.3, -0.25) is 4.79 Å². The summed E-state index contributed by atoms with van der Waals surface area (Å²) in [5.74, 6) is -0.358. The average Bonchev–Trinajstić information content (AvgIpc) is 2.29. The smallest absolute Gasteiger partial charge is 0.165 e. The van der Waals surface area contributed by atoms with E-state index >= 15 is 0 Å². The van der Waals surface area contributed by atoms with Crippen molar-refractivity contribution in [2.24, 2.45) is 0 Å². The molecule has 0 spiro atoms. The molecule has 18 heavy (non-hydrogen) atoms. The number of Topliss-reactive ketones (excluding diaryl/α,β-unsaturated/α-hetero) is 1. The predicted molar refractivity (Wildman–Crippen MR) is 76.4 cm³/mol. The predicted octanol–water partition coefficient (Wildman–Crippen LogP) is 2.43. The van der Waals surface area contributed by atoms with Crippen LogP contribution < -0.4 is 5.73 Å². The van der Waals surface area contributed by atoms with E-state index in [9.17, 15) is 13.2 Å². The Hall–Kier alpha value is -0.880. The maximum absolute atomic E-state index is 11.9. The monoisotopic (exact) mass is 333 g/mol. The first-order chi connectivity index (χ1) is 8.24. The number of carbonyl (C=O) groups is 1. The molecule has 1 aromatic rings. The molecule has 0 aliphatic carbocycles. The molecular weight excluding hydrogens is 318 g/mol. The van der Waals surface area contributed by atoms with Gasteiger partial charge in [-0.05, 0) is 32.0 Å². The van der Waals surface area contributed by atoms with Gasteiger partial charge in [0.2, 0.25) is 0 Å². The Balaban J connectivity index is 2.81. The largest absolute Gasteiger partial charge is 0.399 e. The number of rotatable bonds is 5. The fourth-order valence-corrected chi connectivity index (χ4v) is 2.77. The first-order valence-corrected chi connectivity index (χ1v) is 8.04. The molecule has 2 N–H and O–H groups in total. The van der Waals surface area contributed by atoms with Gasteiger partial charge in [-0.25, -0.2) is 8.42 Å². The minimum absolute atomic E-state index is 0.0252. The first kappa shape index (κ1) is 15.2. The lowest BCUT2D eigenvalue weighted by atomic mass is 10.1. The number of carbonyl (C=O) groups excluding carboxylic acids is 1. The minimum Gasteiger partial charge on any atom is -0.399 e. The van der Waals surface area contributed by atoms with Crippen molar-refractivity contribution < 1.29 is 13.2 Å². The van der Waals surface area contributed by atoms with Crippen molar-refractivity contribution in [1.82, 2.24) is 0 Å². The second kappa shape index (κ2) is 5.84. The van der Waals surface area contributed by atoms with Crippen LogP contribution in [0.4, 0.5) is 5.69 Å². The van der Waals surface area contributed by atoms with E-state index in [0.29, 0.717) is 15.7 Å². The van der Waals surface area contributed by atoms with Gasteiger partial charge in [-0.15, -0.1) is 0 Å². The number of ketones is 1. The van der Waals surface area contributed by atoms with Gasteiger partial charge in [0.25, 0.3) is 0 Å². The van der Waals surface area contributed by atoms with Gasteiger partial charge in [0.1, 0.15) is 0 Å². The Labute approximate surface area is 116 Å². The van der Waals surface area contributed by atoms with Crippen molar-refractivity contribution in [1.29, 1.82) is 0 Å². The van der Waals surface area contributed by atoms with E-state index in [0.717, 1.165) is 0 Å². The van der Waals surface area contributed by atoms with E-state index in [1.54, 1.807) is 32.0 Å². The van der Waals surface area contributed by atoms with Crippen LogP contribution in [0.5, 0.6) is 0 Å². The molecule has 0 aromatic heterocycles. The molecule has 4 nitrogen and oxygen atoms in total. The van der Waals surface area contributed by atoms with E-state index < -0.39 is 15.1 Å². The van der Waals surface area contributed by atoms with Gasteiger partial charge >= 0.3 is 0 Å². The third-order valence-electron chi connectivity index (χ3n) is 2.62. The van der Waals surface area contributed by atoms with E-state index in [-0.39, 0.29) is 18.0 Å². The van der Waals surface area contributed by atoms with E-state index in [1.165, 1.54) is 0 Å². The second-order valence-corrected chi connectivity index (χ2v) is 7.86. The molecule has 0 saturated heterocycles. The van der Waals surface area contributed by atoms with Crippen LogP contribution in [0, 0.1) is 0 Å². The summed E-state index contributed by atoms with van der Waals surface area (Å²) in [5.41, 5.74) is 6.51. The fourth-order valence-electron chi connectivity index (χ4n) is 1.36. The van der Waals surface area contributed by atoms with Gasteiger partial charge in [0.15, 0.2) is 15.6 Å². The van der Waals surface area contributed by atoms with Crippen LogP contribution in [-0.2, 0) is 9.84 Å². The summed E-state index contributed by atoms with van der Waals surface area (Å²) in [7, 11) is -3.19. The molecule has 0 heterocycles. The molecule has 0 unspecified atom stereocenters. The van der Waals surface area contributed by atoms with Gasteiger partial charge in [0.05, 0.1) is 11.0 Å². The van der Waals surface area contributed by atoms with E-state index in [4.69, 9.17) is 5.73 Å². The topological polar surface area (TPSA) is 77.2 Å². The summed E-state index contributed by atoms with van der Waals surface area (Å²) in [5, 5.41) is -0.463. The molecule has 6 heteroatoms. The van der Waals surface area contributed by atoms with Gasteiger partial charge in [-0.1, -0.05) is 15.9 Å². The number of halogens is 1. The third-order valence-corrected chi connectivity index (χ3v) is 5.52. The van der Waals surface area contributed by atoms with Crippen molar-refractivity contribution >= 4 is 37.2 Å². The lowest BCUT2D eigenvalue weighted by molar-refractivity contribution is 0.0988. The van der Waals surface area contributed by atoms with Gasteiger partial charge < -0.3 is 5.73 Å². The number of benzene rings is 1. The number of nitrogens with two attached hydrogens (primary N) is 1. The molecule has 1 aromatic carbocycles. The maximum Gasteiger partial charge on any atom is 0.165 e. The molecule has 0 radical (unpaired) electrons. The Morgan fingerprint density at radius 1 is 1.39 bits per heavy atom. The first-order valence-electron chi connectivity index (χ1n) is 5.54. The number of hydrogen-bond donors (Lipinski definition) is 1. The summed E-state index contributed by atoms with van der Waals surface area (Å²) in [6.07, 6.45) is -0.0252. The number of hydrogen-bond acceptors (Lipinski definition) is 4. The minimum atomic E-state index is -3.19. The zero-order valence-corrected chi connectivity index (χ0v) is 12.7. The van der Waals surface area contributed by atoms with E-state index in [2.05, 4.69) is 15.9 Å². The molecule has 0 bridgehead atoms. The summed E-state index contributed by atoms with van der Waals surface area (Å²) in [6.45, 7) is 3.21. The van der Waals surface area contributed by atoms with Crippen molar-refractivity contribution in [2.75, 3.05) is 11.5 Å². The Bertz CT molecular complexity index is 552. The highest BCUT2D eigenvalue weighted by Gasteiger charge is 2.19. The van der Waals surface area contributed by atoms with Crippen LogP contribution in [0.3, 0.4) is 0 Å². The van der Waals surface area contributed by atoms with Gasteiger partial charge in [-0.2, -0.15) is 0 Å².